The van der Waals surface area contributed by atoms with E-state index in [1.54, 1.807) is 0 Å². The van der Waals surface area contributed by atoms with Gasteiger partial charge in [-0.05, 0) is 44.4 Å². The number of carbonyl (C=O) groups excluding carboxylic acids is 1. The van der Waals surface area contributed by atoms with E-state index in [-0.39, 0.29) is 5.91 Å². The highest BCUT2D eigenvalue weighted by atomic mass is 16.2. The minimum absolute atomic E-state index is 0.118. The molecule has 0 radical (unpaired) electrons. The third-order valence-electron chi connectivity index (χ3n) is 3.70. The monoisotopic (exact) mass is 258 g/mol. The summed E-state index contributed by atoms with van der Waals surface area (Å²) in [7, 11) is 0. The molecule has 0 atom stereocenters. The molecule has 0 saturated carbocycles. The number of rotatable bonds is 2. The van der Waals surface area contributed by atoms with E-state index in [0.29, 0.717) is 0 Å². The summed E-state index contributed by atoms with van der Waals surface area (Å²) >= 11 is 0. The summed E-state index contributed by atoms with van der Waals surface area (Å²) in [6, 6.07) is 5.68. The number of benzene rings is 1. The van der Waals surface area contributed by atoms with Gasteiger partial charge in [-0.3, -0.25) is 4.79 Å². The van der Waals surface area contributed by atoms with Gasteiger partial charge in [-0.15, -0.1) is 5.10 Å². The highest BCUT2D eigenvalue weighted by Gasteiger charge is 2.18. The standard InChI is InChI=1S/C14H18N4O/c1-2-18-13-7-6-11(10-12(13)15-16-18)14(19)17-8-4-3-5-9-17/h6-7,10H,2-5,8-9H2,1H3. The first-order chi connectivity index (χ1) is 9.29. The lowest BCUT2D eigenvalue weighted by Gasteiger charge is -2.26. The van der Waals surface area contributed by atoms with E-state index in [1.807, 2.05) is 34.7 Å². The molecule has 2 aromatic rings. The van der Waals surface area contributed by atoms with Gasteiger partial charge < -0.3 is 4.90 Å². The van der Waals surface area contributed by atoms with Crippen LogP contribution >= 0.6 is 0 Å². The van der Waals surface area contributed by atoms with Crippen molar-refractivity contribution >= 4 is 16.9 Å². The van der Waals surface area contributed by atoms with Gasteiger partial charge in [0, 0.05) is 25.2 Å². The van der Waals surface area contributed by atoms with E-state index >= 15 is 0 Å². The third-order valence-corrected chi connectivity index (χ3v) is 3.70. The number of hydrogen-bond acceptors (Lipinski definition) is 3. The second-order valence-corrected chi connectivity index (χ2v) is 4.96. The van der Waals surface area contributed by atoms with Crippen molar-refractivity contribution in [2.45, 2.75) is 32.7 Å². The zero-order chi connectivity index (χ0) is 13.2. The number of nitrogens with zero attached hydrogens (tertiary/aromatic N) is 4. The molecule has 0 N–H and O–H groups in total. The highest BCUT2D eigenvalue weighted by molar-refractivity contribution is 5.97. The molecular weight excluding hydrogens is 240 g/mol. The molecule has 0 spiro atoms. The Morgan fingerprint density at radius 3 is 2.79 bits per heavy atom. The number of fused-ring (bicyclic) bond motifs is 1. The van der Waals surface area contributed by atoms with Gasteiger partial charge in [0.05, 0.1) is 5.52 Å². The molecule has 1 aromatic carbocycles. The number of likely N-dealkylation sites (tertiary alicyclic amines) is 1. The predicted molar refractivity (Wildman–Crippen MR) is 73.0 cm³/mol. The Hall–Kier alpha value is -1.91. The van der Waals surface area contributed by atoms with Crippen LogP contribution in [0.2, 0.25) is 0 Å². The lowest BCUT2D eigenvalue weighted by molar-refractivity contribution is 0.0724. The van der Waals surface area contributed by atoms with Gasteiger partial charge in [0.1, 0.15) is 5.52 Å². The number of amides is 1. The summed E-state index contributed by atoms with van der Waals surface area (Å²) in [6.45, 7) is 4.56. The third kappa shape index (κ3) is 2.20. The van der Waals surface area contributed by atoms with Gasteiger partial charge >= 0.3 is 0 Å². The van der Waals surface area contributed by atoms with Crippen LogP contribution in [0, 0.1) is 0 Å². The lowest BCUT2D eigenvalue weighted by atomic mass is 10.1. The number of piperidine rings is 1. The van der Waals surface area contributed by atoms with Gasteiger partial charge in [0.15, 0.2) is 0 Å². The molecule has 1 aliphatic heterocycles. The maximum Gasteiger partial charge on any atom is 0.253 e. The molecule has 1 saturated heterocycles. The van der Waals surface area contributed by atoms with Crippen molar-refractivity contribution in [2.75, 3.05) is 13.1 Å². The van der Waals surface area contributed by atoms with E-state index in [4.69, 9.17) is 0 Å². The Kier molecular flexibility index (Phi) is 3.19. The SMILES string of the molecule is CCn1nnc2cc(C(=O)N3CCCCC3)ccc21. The van der Waals surface area contributed by atoms with Gasteiger partial charge in [0.25, 0.3) is 5.91 Å². The molecule has 5 heteroatoms. The molecular formula is C14H18N4O. The number of aryl methyl sites for hydroxylation is 1. The number of hydrogen-bond donors (Lipinski definition) is 0. The Morgan fingerprint density at radius 2 is 2.05 bits per heavy atom. The van der Waals surface area contributed by atoms with Gasteiger partial charge in [0.2, 0.25) is 0 Å². The molecule has 1 amide bonds. The molecule has 3 rings (SSSR count). The van der Waals surface area contributed by atoms with Crippen molar-refractivity contribution in [1.29, 1.82) is 0 Å². The fourth-order valence-electron chi connectivity index (χ4n) is 2.62. The van der Waals surface area contributed by atoms with Crippen LogP contribution < -0.4 is 0 Å². The fourth-order valence-corrected chi connectivity index (χ4v) is 2.62. The first-order valence-electron chi connectivity index (χ1n) is 6.92. The average molecular weight is 258 g/mol. The maximum absolute atomic E-state index is 12.4. The Labute approximate surface area is 112 Å². The summed E-state index contributed by atoms with van der Waals surface area (Å²) in [4.78, 5) is 14.3. The molecule has 0 unspecified atom stereocenters. The summed E-state index contributed by atoms with van der Waals surface area (Å²) in [5, 5.41) is 8.19. The van der Waals surface area contributed by atoms with Crippen LogP contribution in [-0.2, 0) is 6.54 Å². The normalized spacial score (nSPS) is 15.9. The van der Waals surface area contributed by atoms with Gasteiger partial charge in [-0.2, -0.15) is 0 Å². The molecule has 1 aliphatic rings. The topological polar surface area (TPSA) is 51.0 Å². The summed E-state index contributed by atoms with van der Waals surface area (Å²) in [5.41, 5.74) is 2.50. The molecule has 1 fully saturated rings. The Morgan fingerprint density at radius 1 is 1.26 bits per heavy atom. The van der Waals surface area contributed by atoms with E-state index in [1.165, 1.54) is 6.42 Å². The van der Waals surface area contributed by atoms with Crippen LogP contribution in [-0.4, -0.2) is 38.9 Å². The zero-order valence-electron chi connectivity index (χ0n) is 11.2. The van der Waals surface area contributed by atoms with Crippen molar-refractivity contribution in [1.82, 2.24) is 19.9 Å². The van der Waals surface area contributed by atoms with Crippen molar-refractivity contribution in [2.24, 2.45) is 0 Å². The second-order valence-electron chi connectivity index (χ2n) is 4.96. The molecule has 1 aromatic heterocycles. The van der Waals surface area contributed by atoms with Crippen LogP contribution in [0.1, 0.15) is 36.5 Å². The van der Waals surface area contributed by atoms with Crippen LogP contribution in [0.4, 0.5) is 0 Å². The summed E-state index contributed by atoms with van der Waals surface area (Å²) < 4.78 is 1.84. The number of aromatic nitrogens is 3. The van der Waals surface area contributed by atoms with Crippen molar-refractivity contribution < 1.29 is 4.79 Å². The van der Waals surface area contributed by atoms with Crippen LogP contribution in [0.15, 0.2) is 18.2 Å². The van der Waals surface area contributed by atoms with E-state index in [2.05, 4.69) is 10.3 Å². The largest absolute Gasteiger partial charge is 0.339 e. The summed E-state index contributed by atoms with van der Waals surface area (Å²) in [6.07, 6.45) is 3.45. The van der Waals surface area contributed by atoms with Crippen LogP contribution in [0.3, 0.4) is 0 Å². The fraction of sp³-hybridized carbons (Fsp3) is 0.500. The first-order valence-corrected chi connectivity index (χ1v) is 6.92. The van der Waals surface area contributed by atoms with Gasteiger partial charge in [-0.1, -0.05) is 5.21 Å². The quantitative estimate of drug-likeness (QED) is 0.828. The Balaban J connectivity index is 1.90. The first kappa shape index (κ1) is 12.1. The highest BCUT2D eigenvalue weighted by Crippen LogP contribution is 2.17. The van der Waals surface area contributed by atoms with Crippen molar-refractivity contribution in [3.8, 4) is 0 Å². The minimum Gasteiger partial charge on any atom is -0.339 e. The smallest absolute Gasteiger partial charge is 0.253 e. The number of carbonyl (C=O) groups is 1. The molecule has 5 nitrogen and oxygen atoms in total. The Bertz CT molecular complexity index is 599. The van der Waals surface area contributed by atoms with E-state index in [0.717, 1.165) is 49.1 Å². The lowest BCUT2D eigenvalue weighted by Crippen LogP contribution is -2.35. The maximum atomic E-state index is 12.4. The van der Waals surface area contributed by atoms with E-state index < -0.39 is 0 Å². The molecule has 0 aliphatic carbocycles. The summed E-state index contributed by atoms with van der Waals surface area (Å²) in [5.74, 6) is 0.118. The zero-order valence-corrected chi connectivity index (χ0v) is 11.2. The minimum atomic E-state index is 0.118. The van der Waals surface area contributed by atoms with Crippen LogP contribution in [0.25, 0.3) is 11.0 Å². The van der Waals surface area contributed by atoms with Crippen molar-refractivity contribution in [3.05, 3.63) is 23.8 Å². The van der Waals surface area contributed by atoms with Crippen molar-refractivity contribution in [3.63, 3.8) is 0 Å². The molecule has 100 valence electrons. The van der Waals surface area contributed by atoms with Gasteiger partial charge in [-0.25, -0.2) is 4.68 Å². The average Bonchev–Trinajstić information content (AvgIpc) is 2.89. The van der Waals surface area contributed by atoms with Crippen LogP contribution in [0.5, 0.6) is 0 Å². The molecule has 0 bridgehead atoms. The molecule has 19 heavy (non-hydrogen) atoms. The second kappa shape index (κ2) is 4.99. The predicted octanol–water partition coefficient (Wildman–Crippen LogP) is 2.08. The molecule has 2 heterocycles. The van der Waals surface area contributed by atoms with E-state index in [9.17, 15) is 4.79 Å².